The highest BCUT2D eigenvalue weighted by Crippen LogP contribution is 2.70. The van der Waals surface area contributed by atoms with Gasteiger partial charge in [-0.15, -0.1) is 0 Å². The normalized spacial score (nSPS) is 50.6. The van der Waals surface area contributed by atoms with Crippen molar-refractivity contribution in [3.8, 4) is 0 Å². The molecule has 4 rings (SSSR count). The molecule has 4 fully saturated rings. The lowest BCUT2D eigenvalue weighted by molar-refractivity contribution is -0.123. The van der Waals surface area contributed by atoms with Crippen molar-refractivity contribution < 1.29 is 4.79 Å². The van der Waals surface area contributed by atoms with E-state index in [0.717, 1.165) is 24.7 Å². The third-order valence-corrected chi connectivity index (χ3v) is 10.9. The topological polar surface area (TPSA) is 17.1 Å². The molecule has 0 aromatic heterocycles. The van der Waals surface area contributed by atoms with Crippen molar-refractivity contribution in [2.45, 2.75) is 92.9 Å². The molecule has 4 aliphatic rings. The first-order valence-corrected chi connectivity index (χ1v) is 10.5. The van der Waals surface area contributed by atoms with Gasteiger partial charge in [0.15, 0.2) is 0 Å². The molecule has 0 spiro atoms. The fourth-order valence-electron chi connectivity index (χ4n) is 7.99. The predicted molar refractivity (Wildman–Crippen MR) is 99.7 cm³/mol. The first kappa shape index (κ1) is 17.1. The highest BCUT2D eigenvalue weighted by Gasteiger charge is 2.63. The molecule has 0 N–H and O–H groups in total. The van der Waals surface area contributed by atoms with Gasteiger partial charge in [0.1, 0.15) is 5.78 Å². The summed E-state index contributed by atoms with van der Waals surface area (Å²) in [6, 6.07) is 0. The van der Waals surface area contributed by atoms with E-state index in [0.29, 0.717) is 39.3 Å². The number of hydrogen-bond donors (Lipinski definition) is 0. The van der Waals surface area contributed by atoms with E-state index in [1.54, 1.807) is 0 Å². The van der Waals surface area contributed by atoms with Crippen LogP contribution in [0.25, 0.3) is 0 Å². The first-order valence-electron chi connectivity index (χ1n) is 10.5. The van der Waals surface area contributed by atoms with E-state index in [1.165, 1.54) is 38.5 Å². The Morgan fingerprint density at radius 3 is 1.38 bits per heavy atom. The van der Waals surface area contributed by atoms with Crippen molar-refractivity contribution in [2.24, 2.45) is 45.3 Å². The number of carbonyl (C=O) groups excluding carboxylic acids is 1. The Kier molecular flexibility index (Phi) is 3.48. The van der Waals surface area contributed by atoms with Crippen molar-refractivity contribution in [3.05, 3.63) is 0 Å². The van der Waals surface area contributed by atoms with E-state index in [2.05, 4.69) is 41.5 Å². The fourth-order valence-corrected chi connectivity index (χ4v) is 7.99. The Morgan fingerprint density at radius 2 is 1.12 bits per heavy atom. The van der Waals surface area contributed by atoms with Gasteiger partial charge >= 0.3 is 0 Å². The number of Topliss-reactive ketones (excluding diaryl/α,β-unsaturated/α-hetero) is 1. The Hall–Kier alpha value is -0.330. The van der Waals surface area contributed by atoms with Gasteiger partial charge in [0.2, 0.25) is 0 Å². The summed E-state index contributed by atoms with van der Waals surface area (Å²) in [5.74, 6) is 3.61. The van der Waals surface area contributed by atoms with Gasteiger partial charge in [0.25, 0.3) is 0 Å². The van der Waals surface area contributed by atoms with E-state index in [1.807, 2.05) is 0 Å². The van der Waals surface area contributed by atoms with Gasteiger partial charge in [0, 0.05) is 12.8 Å². The van der Waals surface area contributed by atoms with Gasteiger partial charge in [-0.1, -0.05) is 41.5 Å². The average molecular weight is 331 g/mol. The van der Waals surface area contributed by atoms with Crippen LogP contribution in [0.3, 0.4) is 0 Å². The Balaban J connectivity index is 1.43. The molecule has 4 bridgehead atoms. The summed E-state index contributed by atoms with van der Waals surface area (Å²) >= 11 is 0. The summed E-state index contributed by atoms with van der Waals surface area (Å²) in [6.07, 6.45) is 9.84. The molecule has 24 heavy (non-hydrogen) atoms. The maximum Gasteiger partial charge on any atom is 0.133 e. The highest BCUT2D eigenvalue weighted by molar-refractivity contribution is 5.79. The summed E-state index contributed by atoms with van der Waals surface area (Å²) in [4.78, 5) is 13.0. The molecule has 6 unspecified atom stereocenters. The quantitative estimate of drug-likeness (QED) is 0.594. The standard InChI is InChI=1S/C23H38O/c1-20(2)15-7-9-22(20,5)17(11-15)13-19(24)14-18-12-16-8-10-23(18,6)21(16,3)4/h15-18H,7-14H2,1-6H3. The van der Waals surface area contributed by atoms with Gasteiger partial charge in [0.05, 0.1) is 0 Å². The smallest absolute Gasteiger partial charge is 0.133 e. The van der Waals surface area contributed by atoms with Gasteiger partial charge in [-0.25, -0.2) is 0 Å². The van der Waals surface area contributed by atoms with E-state index in [-0.39, 0.29) is 0 Å². The minimum atomic E-state index is 0.408. The van der Waals surface area contributed by atoms with Crippen molar-refractivity contribution >= 4 is 5.78 Å². The molecule has 0 radical (unpaired) electrons. The Labute approximate surface area is 149 Å². The second-order valence-electron chi connectivity index (χ2n) is 11.6. The van der Waals surface area contributed by atoms with Crippen LogP contribution < -0.4 is 0 Å². The van der Waals surface area contributed by atoms with E-state index >= 15 is 0 Å². The SMILES string of the molecule is CC1(C)C2CCC1(C)C(CC(=O)CC1CC3CCC1(C)C3(C)C)C2. The van der Waals surface area contributed by atoms with Gasteiger partial charge in [-0.2, -0.15) is 0 Å². The van der Waals surface area contributed by atoms with Crippen molar-refractivity contribution in [1.82, 2.24) is 0 Å². The van der Waals surface area contributed by atoms with E-state index in [4.69, 9.17) is 0 Å². The van der Waals surface area contributed by atoms with Crippen molar-refractivity contribution in [1.29, 1.82) is 0 Å². The molecule has 0 aromatic carbocycles. The summed E-state index contributed by atoms with van der Waals surface area (Å²) in [6.45, 7) is 14.8. The number of carbonyl (C=O) groups is 1. The Morgan fingerprint density at radius 1 is 0.750 bits per heavy atom. The van der Waals surface area contributed by atoms with Crippen LogP contribution in [0.1, 0.15) is 92.9 Å². The molecular weight excluding hydrogens is 292 g/mol. The predicted octanol–water partition coefficient (Wildman–Crippen LogP) is 6.26. The number of hydrogen-bond acceptors (Lipinski definition) is 1. The van der Waals surface area contributed by atoms with Crippen LogP contribution >= 0.6 is 0 Å². The molecule has 0 saturated heterocycles. The molecule has 4 saturated carbocycles. The van der Waals surface area contributed by atoms with E-state index < -0.39 is 0 Å². The van der Waals surface area contributed by atoms with Crippen LogP contribution in [0.15, 0.2) is 0 Å². The number of fused-ring (bicyclic) bond motifs is 4. The molecule has 1 nitrogen and oxygen atoms in total. The van der Waals surface area contributed by atoms with Gasteiger partial charge in [-0.3, -0.25) is 4.79 Å². The monoisotopic (exact) mass is 330 g/mol. The van der Waals surface area contributed by atoms with Gasteiger partial charge in [-0.05, 0) is 83.9 Å². The summed E-state index contributed by atoms with van der Waals surface area (Å²) in [5.41, 5.74) is 1.70. The summed E-state index contributed by atoms with van der Waals surface area (Å²) in [7, 11) is 0. The molecule has 0 heterocycles. The average Bonchev–Trinajstić information content (AvgIpc) is 2.99. The van der Waals surface area contributed by atoms with Crippen molar-refractivity contribution in [3.63, 3.8) is 0 Å². The van der Waals surface area contributed by atoms with E-state index in [9.17, 15) is 4.79 Å². The van der Waals surface area contributed by atoms with Crippen LogP contribution in [0, 0.1) is 45.3 Å². The molecule has 6 atom stereocenters. The molecule has 136 valence electrons. The highest BCUT2D eigenvalue weighted by atomic mass is 16.1. The second-order valence-corrected chi connectivity index (χ2v) is 11.6. The molecule has 0 aliphatic heterocycles. The molecular formula is C23H38O. The molecule has 1 heteroatoms. The third kappa shape index (κ3) is 1.91. The van der Waals surface area contributed by atoms with Crippen LogP contribution in [-0.2, 0) is 4.79 Å². The maximum atomic E-state index is 13.0. The second kappa shape index (κ2) is 4.89. The minimum absolute atomic E-state index is 0.408. The first-order chi connectivity index (χ1) is 11.0. The Bertz CT molecular complexity index is 510. The molecule has 0 amide bonds. The number of rotatable bonds is 4. The fraction of sp³-hybridized carbons (Fsp3) is 0.957. The van der Waals surface area contributed by atoms with Gasteiger partial charge < -0.3 is 0 Å². The van der Waals surface area contributed by atoms with Crippen LogP contribution in [0.2, 0.25) is 0 Å². The lowest BCUT2D eigenvalue weighted by Gasteiger charge is -2.40. The maximum absolute atomic E-state index is 13.0. The lowest BCUT2D eigenvalue weighted by Crippen LogP contribution is -2.35. The zero-order valence-corrected chi connectivity index (χ0v) is 16.9. The minimum Gasteiger partial charge on any atom is -0.300 e. The van der Waals surface area contributed by atoms with Crippen LogP contribution in [0.5, 0.6) is 0 Å². The summed E-state index contributed by atoms with van der Waals surface area (Å²) in [5, 5.41) is 0. The number of ketones is 1. The molecule has 0 aromatic rings. The largest absolute Gasteiger partial charge is 0.300 e. The van der Waals surface area contributed by atoms with Crippen molar-refractivity contribution in [2.75, 3.05) is 0 Å². The third-order valence-electron chi connectivity index (χ3n) is 10.9. The summed E-state index contributed by atoms with van der Waals surface area (Å²) < 4.78 is 0. The zero-order valence-electron chi connectivity index (χ0n) is 16.9. The zero-order chi connectivity index (χ0) is 17.5. The lowest BCUT2D eigenvalue weighted by atomic mass is 9.64. The van der Waals surface area contributed by atoms with Crippen LogP contribution in [-0.4, -0.2) is 5.78 Å². The molecule has 4 aliphatic carbocycles. The van der Waals surface area contributed by atoms with Crippen LogP contribution in [0.4, 0.5) is 0 Å².